The summed E-state index contributed by atoms with van der Waals surface area (Å²) in [7, 11) is 0. The van der Waals surface area contributed by atoms with E-state index in [-0.39, 0.29) is 18.0 Å². The van der Waals surface area contributed by atoms with Crippen molar-refractivity contribution < 1.29 is 14.3 Å². The van der Waals surface area contributed by atoms with Crippen molar-refractivity contribution in [1.29, 1.82) is 0 Å². The Morgan fingerprint density at radius 1 is 1.35 bits per heavy atom. The predicted octanol–water partition coefficient (Wildman–Crippen LogP) is 1.23. The molecule has 2 aliphatic heterocycles. The van der Waals surface area contributed by atoms with Gasteiger partial charge in [-0.25, -0.2) is 4.79 Å². The quantitative estimate of drug-likeness (QED) is 0.640. The maximum atomic E-state index is 11.9. The van der Waals surface area contributed by atoms with Crippen LogP contribution in [-0.2, 0) is 9.53 Å². The van der Waals surface area contributed by atoms with E-state index in [1.54, 1.807) is 4.90 Å². The molecule has 0 radical (unpaired) electrons. The van der Waals surface area contributed by atoms with Crippen molar-refractivity contribution >= 4 is 12.0 Å². The van der Waals surface area contributed by atoms with Crippen LogP contribution < -0.4 is 0 Å². The van der Waals surface area contributed by atoms with Crippen molar-refractivity contribution in [3.8, 4) is 0 Å². The maximum Gasteiger partial charge on any atom is 0.410 e. The van der Waals surface area contributed by atoms with Crippen LogP contribution in [0.3, 0.4) is 0 Å². The Morgan fingerprint density at radius 3 is 2.71 bits per heavy atom. The van der Waals surface area contributed by atoms with Crippen LogP contribution in [0.15, 0.2) is 0 Å². The minimum atomic E-state index is -0.459. The molecule has 0 spiro atoms. The summed E-state index contributed by atoms with van der Waals surface area (Å²) in [5, 5.41) is 0. The van der Waals surface area contributed by atoms with Crippen LogP contribution in [0.5, 0.6) is 0 Å². The fourth-order valence-corrected chi connectivity index (χ4v) is 2.36. The lowest BCUT2D eigenvalue weighted by Gasteiger charge is -2.38. The number of carbonyl (C=O) groups excluding carboxylic acids is 2. The first kappa shape index (κ1) is 12.2. The minimum absolute atomic E-state index is 0.198. The van der Waals surface area contributed by atoms with E-state index < -0.39 is 5.60 Å². The standard InChI is InChI=1S/C12H20N2O3/c1-12(2,3)17-11(16)13-6-7-14-9(8-13)4-5-10(14)15/h9H,4-8H2,1-3H3/t9-/m0/s1. The van der Waals surface area contributed by atoms with Gasteiger partial charge in [-0.3, -0.25) is 4.79 Å². The molecule has 2 heterocycles. The fraction of sp³-hybridized carbons (Fsp3) is 0.833. The zero-order valence-corrected chi connectivity index (χ0v) is 10.7. The van der Waals surface area contributed by atoms with Gasteiger partial charge in [0.15, 0.2) is 0 Å². The Balaban J connectivity index is 1.93. The first-order valence-corrected chi connectivity index (χ1v) is 6.14. The van der Waals surface area contributed by atoms with Gasteiger partial charge in [0.2, 0.25) is 5.91 Å². The summed E-state index contributed by atoms with van der Waals surface area (Å²) in [6.07, 6.45) is 1.21. The lowest BCUT2D eigenvalue weighted by molar-refractivity contribution is -0.130. The summed E-state index contributed by atoms with van der Waals surface area (Å²) in [6.45, 7) is 7.42. The lowest BCUT2D eigenvalue weighted by Crippen LogP contribution is -2.54. The van der Waals surface area contributed by atoms with E-state index in [9.17, 15) is 9.59 Å². The molecule has 2 saturated heterocycles. The number of fused-ring (bicyclic) bond motifs is 1. The van der Waals surface area contributed by atoms with E-state index in [2.05, 4.69) is 0 Å². The SMILES string of the molecule is CC(C)(C)OC(=O)N1CCN2C(=O)CC[C@H]2C1. The molecule has 5 nitrogen and oxygen atoms in total. The number of hydrogen-bond donors (Lipinski definition) is 0. The van der Waals surface area contributed by atoms with Gasteiger partial charge in [-0.15, -0.1) is 0 Å². The molecule has 0 aromatic carbocycles. The third kappa shape index (κ3) is 2.70. The molecule has 0 aromatic heterocycles. The summed E-state index contributed by atoms with van der Waals surface area (Å²) in [6, 6.07) is 0.198. The normalized spacial score (nSPS) is 24.9. The molecule has 0 unspecified atom stereocenters. The minimum Gasteiger partial charge on any atom is -0.444 e. The van der Waals surface area contributed by atoms with Crippen molar-refractivity contribution in [3.63, 3.8) is 0 Å². The molecule has 2 rings (SSSR count). The Labute approximate surface area is 102 Å². The van der Waals surface area contributed by atoms with Crippen LogP contribution >= 0.6 is 0 Å². The summed E-state index contributed by atoms with van der Waals surface area (Å²) >= 11 is 0. The molecule has 96 valence electrons. The number of hydrogen-bond acceptors (Lipinski definition) is 3. The van der Waals surface area contributed by atoms with Gasteiger partial charge in [0.05, 0.1) is 0 Å². The van der Waals surface area contributed by atoms with Crippen LogP contribution in [0.4, 0.5) is 4.79 Å². The van der Waals surface area contributed by atoms with Crippen LogP contribution in [-0.4, -0.2) is 53.1 Å². The summed E-state index contributed by atoms with van der Waals surface area (Å²) < 4.78 is 5.34. The van der Waals surface area contributed by atoms with Crippen LogP contribution in [0.25, 0.3) is 0 Å². The second-order valence-corrected chi connectivity index (χ2v) is 5.71. The van der Waals surface area contributed by atoms with Crippen molar-refractivity contribution in [3.05, 3.63) is 0 Å². The van der Waals surface area contributed by atoms with Crippen molar-refractivity contribution in [2.24, 2.45) is 0 Å². The van der Waals surface area contributed by atoms with Gasteiger partial charge in [0.25, 0.3) is 0 Å². The number of carbonyl (C=O) groups is 2. The van der Waals surface area contributed by atoms with Gasteiger partial charge >= 0.3 is 6.09 Å². The first-order chi connectivity index (χ1) is 7.87. The molecule has 0 bridgehead atoms. The van der Waals surface area contributed by atoms with Crippen LogP contribution in [0, 0.1) is 0 Å². The van der Waals surface area contributed by atoms with E-state index in [1.807, 2.05) is 25.7 Å². The van der Waals surface area contributed by atoms with Gasteiger partial charge < -0.3 is 14.5 Å². The average Bonchev–Trinajstić information content (AvgIpc) is 2.57. The van der Waals surface area contributed by atoms with Crippen LogP contribution in [0.2, 0.25) is 0 Å². The third-order valence-corrected chi connectivity index (χ3v) is 3.15. The predicted molar refractivity (Wildman–Crippen MR) is 62.5 cm³/mol. The van der Waals surface area contributed by atoms with E-state index in [0.29, 0.717) is 26.1 Å². The van der Waals surface area contributed by atoms with Crippen molar-refractivity contribution in [1.82, 2.24) is 9.80 Å². The Hall–Kier alpha value is -1.26. The fourth-order valence-electron chi connectivity index (χ4n) is 2.36. The molecule has 2 amide bonds. The van der Waals surface area contributed by atoms with Crippen molar-refractivity contribution in [2.45, 2.75) is 45.3 Å². The Morgan fingerprint density at radius 2 is 2.06 bits per heavy atom. The number of piperazine rings is 1. The summed E-state index contributed by atoms with van der Waals surface area (Å²) in [5.74, 6) is 0.221. The van der Waals surface area contributed by atoms with E-state index in [0.717, 1.165) is 6.42 Å². The van der Waals surface area contributed by atoms with Gasteiger partial charge in [-0.05, 0) is 27.2 Å². The highest BCUT2D eigenvalue weighted by Crippen LogP contribution is 2.23. The maximum absolute atomic E-state index is 11.9. The highest BCUT2D eigenvalue weighted by Gasteiger charge is 2.37. The molecule has 1 atom stereocenters. The Bertz CT molecular complexity index is 335. The second-order valence-electron chi connectivity index (χ2n) is 5.71. The zero-order valence-electron chi connectivity index (χ0n) is 10.7. The molecule has 17 heavy (non-hydrogen) atoms. The van der Waals surface area contributed by atoms with Crippen LogP contribution in [0.1, 0.15) is 33.6 Å². The zero-order chi connectivity index (χ0) is 12.6. The molecule has 2 aliphatic rings. The third-order valence-electron chi connectivity index (χ3n) is 3.15. The molecule has 0 saturated carbocycles. The van der Waals surface area contributed by atoms with E-state index in [1.165, 1.54) is 0 Å². The molecule has 0 N–H and O–H groups in total. The molecular weight excluding hydrogens is 220 g/mol. The molecule has 5 heteroatoms. The molecular formula is C12H20N2O3. The number of ether oxygens (including phenoxy) is 1. The summed E-state index contributed by atoms with van der Waals surface area (Å²) in [5.41, 5.74) is -0.459. The highest BCUT2D eigenvalue weighted by molar-refractivity contribution is 5.79. The largest absolute Gasteiger partial charge is 0.444 e. The summed E-state index contributed by atoms with van der Waals surface area (Å²) in [4.78, 5) is 27.0. The van der Waals surface area contributed by atoms with E-state index in [4.69, 9.17) is 4.74 Å². The smallest absolute Gasteiger partial charge is 0.410 e. The molecule has 0 aliphatic carbocycles. The molecule has 0 aromatic rings. The van der Waals surface area contributed by atoms with Crippen molar-refractivity contribution in [2.75, 3.05) is 19.6 Å². The number of amides is 2. The second kappa shape index (κ2) is 4.20. The number of nitrogens with zero attached hydrogens (tertiary/aromatic N) is 2. The monoisotopic (exact) mass is 240 g/mol. The number of rotatable bonds is 0. The van der Waals surface area contributed by atoms with Gasteiger partial charge in [0, 0.05) is 32.1 Å². The Kier molecular flexibility index (Phi) is 3.02. The first-order valence-electron chi connectivity index (χ1n) is 6.14. The van der Waals surface area contributed by atoms with Gasteiger partial charge in [-0.2, -0.15) is 0 Å². The average molecular weight is 240 g/mol. The lowest BCUT2D eigenvalue weighted by atomic mass is 10.1. The molecule has 2 fully saturated rings. The van der Waals surface area contributed by atoms with Gasteiger partial charge in [0.1, 0.15) is 5.60 Å². The highest BCUT2D eigenvalue weighted by atomic mass is 16.6. The topological polar surface area (TPSA) is 49.9 Å². The van der Waals surface area contributed by atoms with E-state index >= 15 is 0 Å². The van der Waals surface area contributed by atoms with Gasteiger partial charge in [-0.1, -0.05) is 0 Å².